The number of amides is 1. The lowest BCUT2D eigenvalue weighted by atomic mass is 10.1. The van der Waals surface area contributed by atoms with Crippen molar-refractivity contribution in [3.8, 4) is 0 Å². The quantitative estimate of drug-likeness (QED) is 0.758. The fourth-order valence-corrected chi connectivity index (χ4v) is 1.61. The molecule has 0 saturated carbocycles. The molecule has 1 unspecified atom stereocenters. The molecule has 0 saturated heterocycles. The maximum absolute atomic E-state index is 12.1. The maximum atomic E-state index is 12.1. The van der Waals surface area contributed by atoms with Gasteiger partial charge in [0.1, 0.15) is 11.5 Å². The second kappa shape index (κ2) is 8.47. The molecular formula is C14H24N4O2. The van der Waals surface area contributed by atoms with Crippen molar-refractivity contribution in [3.05, 3.63) is 18.1 Å². The summed E-state index contributed by atoms with van der Waals surface area (Å²) in [6.07, 6.45) is 3.04. The first kappa shape index (κ1) is 16.4. The summed E-state index contributed by atoms with van der Waals surface area (Å²) in [6.45, 7) is 9.91. The summed E-state index contributed by atoms with van der Waals surface area (Å²) in [5, 5.41) is 5.97. The van der Waals surface area contributed by atoms with Crippen LogP contribution in [0, 0.1) is 5.92 Å². The minimum Gasteiger partial charge on any atom is -0.380 e. The lowest BCUT2D eigenvalue weighted by molar-refractivity contribution is 0.0801. The SMILES string of the molecule is CCNc1cnc(C(=O)NC(COCC)C(C)C)cn1. The van der Waals surface area contributed by atoms with E-state index in [0.29, 0.717) is 30.6 Å². The Labute approximate surface area is 120 Å². The average Bonchev–Trinajstić information content (AvgIpc) is 2.44. The molecule has 1 atom stereocenters. The second-order valence-electron chi connectivity index (χ2n) is 4.80. The Morgan fingerprint density at radius 1 is 1.30 bits per heavy atom. The summed E-state index contributed by atoms with van der Waals surface area (Å²) in [7, 11) is 0. The fraction of sp³-hybridized carbons (Fsp3) is 0.643. The third-order valence-electron chi connectivity index (χ3n) is 2.87. The molecule has 0 aliphatic carbocycles. The van der Waals surface area contributed by atoms with Gasteiger partial charge in [0.2, 0.25) is 0 Å². The van der Waals surface area contributed by atoms with Crippen molar-refractivity contribution in [1.29, 1.82) is 0 Å². The number of rotatable bonds is 8. The van der Waals surface area contributed by atoms with Gasteiger partial charge in [-0.3, -0.25) is 4.79 Å². The van der Waals surface area contributed by atoms with Crippen molar-refractivity contribution >= 4 is 11.7 Å². The van der Waals surface area contributed by atoms with Gasteiger partial charge in [-0.1, -0.05) is 13.8 Å². The van der Waals surface area contributed by atoms with Crippen molar-refractivity contribution in [2.45, 2.75) is 33.7 Å². The lowest BCUT2D eigenvalue weighted by Crippen LogP contribution is -2.42. The largest absolute Gasteiger partial charge is 0.380 e. The Morgan fingerprint density at radius 3 is 2.55 bits per heavy atom. The van der Waals surface area contributed by atoms with E-state index in [1.165, 1.54) is 6.20 Å². The molecular weight excluding hydrogens is 256 g/mol. The van der Waals surface area contributed by atoms with Crippen LogP contribution < -0.4 is 10.6 Å². The zero-order valence-corrected chi connectivity index (χ0v) is 12.6. The third kappa shape index (κ3) is 5.13. The Kier molecular flexibility index (Phi) is 6.93. The van der Waals surface area contributed by atoms with E-state index in [1.807, 2.05) is 27.7 Å². The monoisotopic (exact) mass is 280 g/mol. The molecule has 0 aromatic carbocycles. The molecule has 0 fully saturated rings. The molecule has 0 aliphatic heterocycles. The van der Waals surface area contributed by atoms with Gasteiger partial charge < -0.3 is 15.4 Å². The number of ether oxygens (including phenoxy) is 1. The number of carbonyl (C=O) groups excluding carboxylic acids is 1. The Bertz CT molecular complexity index is 406. The van der Waals surface area contributed by atoms with E-state index in [4.69, 9.17) is 4.74 Å². The third-order valence-corrected chi connectivity index (χ3v) is 2.87. The predicted octanol–water partition coefficient (Wildman–Crippen LogP) is 1.70. The molecule has 0 aliphatic rings. The van der Waals surface area contributed by atoms with E-state index in [1.54, 1.807) is 6.20 Å². The predicted molar refractivity (Wildman–Crippen MR) is 78.8 cm³/mol. The minimum absolute atomic E-state index is 0.0299. The number of aromatic nitrogens is 2. The van der Waals surface area contributed by atoms with Gasteiger partial charge in [-0.2, -0.15) is 0 Å². The van der Waals surface area contributed by atoms with Crippen LogP contribution in [0.3, 0.4) is 0 Å². The molecule has 1 aromatic rings. The van der Waals surface area contributed by atoms with Gasteiger partial charge in [0.25, 0.3) is 5.91 Å². The molecule has 20 heavy (non-hydrogen) atoms. The highest BCUT2D eigenvalue weighted by Crippen LogP contribution is 2.05. The zero-order valence-electron chi connectivity index (χ0n) is 12.6. The van der Waals surface area contributed by atoms with E-state index < -0.39 is 0 Å². The molecule has 2 N–H and O–H groups in total. The Morgan fingerprint density at radius 2 is 2.05 bits per heavy atom. The highest BCUT2D eigenvalue weighted by Gasteiger charge is 2.18. The lowest BCUT2D eigenvalue weighted by Gasteiger charge is -2.21. The highest BCUT2D eigenvalue weighted by atomic mass is 16.5. The van der Waals surface area contributed by atoms with Crippen LogP contribution in [0.25, 0.3) is 0 Å². The molecule has 112 valence electrons. The van der Waals surface area contributed by atoms with Crippen LogP contribution >= 0.6 is 0 Å². The number of carbonyl (C=O) groups is 1. The van der Waals surface area contributed by atoms with E-state index in [-0.39, 0.29) is 11.9 Å². The smallest absolute Gasteiger partial charge is 0.271 e. The first-order valence-corrected chi connectivity index (χ1v) is 7.03. The number of hydrogen-bond donors (Lipinski definition) is 2. The van der Waals surface area contributed by atoms with Crippen molar-refractivity contribution in [1.82, 2.24) is 15.3 Å². The molecule has 1 aromatic heterocycles. The molecule has 1 amide bonds. The average molecular weight is 280 g/mol. The molecule has 0 bridgehead atoms. The standard InChI is InChI=1S/C14H24N4O2/c1-5-15-13-8-16-11(7-17-13)14(19)18-12(10(3)4)9-20-6-2/h7-8,10,12H,5-6,9H2,1-4H3,(H,15,17)(H,18,19). The van der Waals surface area contributed by atoms with Crippen LogP contribution in [0.15, 0.2) is 12.4 Å². The first-order chi connectivity index (χ1) is 9.58. The van der Waals surface area contributed by atoms with Gasteiger partial charge in [-0.25, -0.2) is 9.97 Å². The highest BCUT2D eigenvalue weighted by molar-refractivity contribution is 5.92. The van der Waals surface area contributed by atoms with Crippen LogP contribution in [0.2, 0.25) is 0 Å². The van der Waals surface area contributed by atoms with Crippen molar-refractivity contribution in [3.63, 3.8) is 0 Å². The molecule has 1 heterocycles. The van der Waals surface area contributed by atoms with Gasteiger partial charge in [-0.05, 0) is 19.8 Å². The van der Waals surface area contributed by atoms with Crippen LogP contribution in [-0.4, -0.2) is 41.7 Å². The number of nitrogens with zero attached hydrogens (tertiary/aromatic N) is 2. The summed E-state index contributed by atoms with van der Waals surface area (Å²) in [5.74, 6) is 0.734. The van der Waals surface area contributed by atoms with E-state index >= 15 is 0 Å². The number of hydrogen-bond acceptors (Lipinski definition) is 5. The molecule has 6 nitrogen and oxygen atoms in total. The van der Waals surface area contributed by atoms with Crippen molar-refractivity contribution < 1.29 is 9.53 Å². The molecule has 1 rings (SSSR count). The van der Waals surface area contributed by atoms with Crippen LogP contribution in [0.1, 0.15) is 38.2 Å². The van der Waals surface area contributed by atoms with E-state index in [2.05, 4.69) is 20.6 Å². The summed E-state index contributed by atoms with van der Waals surface area (Å²) in [6, 6.07) is -0.0299. The topological polar surface area (TPSA) is 76.1 Å². The van der Waals surface area contributed by atoms with Crippen molar-refractivity contribution in [2.24, 2.45) is 5.92 Å². The molecule has 0 radical (unpaired) electrons. The Balaban J connectivity index is 2.63. The van der Waals surface area contributed by atoms with Crippen molar-refractivity contribution in [2.75, 3.05) is 25.1 Å². The van der Waals surface area contributed by atoms with Crippen LogP contribution in [-0.2, 0) is 4.74 Å². The minimum atomic E-state index is -0.223. The summed E-state index contributed by atoms with van der Waals surface area (Å²) in [4.78, 5) is 20.4. The first-order valence-electron chi connectivity index (χ1n) is 7.03. The summed E-state index contributed by atoms with van der Waals surface area (Å²) < 4.78 is 5.38. The maximum Gasteiger partial charge on any atom is 0.271 e. The Hall–Kier alpha value is -1.69. The van der Waals surface area contributed by atoms with Crippen LogP contribution in [0.5, 0.6) is 0 Å². The fourth-order valence-electron chi connectivity index (χ4n) is 1.61. The molecule has 6 heteroatoms. The number of anilines is 1. The normalized spacial score (nSPS) is 12.2. The van der Waals surface area contributed by atoms with E-state index in [0.717, 1.165) is 6.54 Å². The zero-order chi connectivity index (χ0) is 15.0. The van der Waals surface area contributed by atoms with Gasteiger partial charge in [0, 0.05) is 13.2 Å². The summed E-state index contributed by atoms with van der Waals surface area (Å²) >= 11 is 0. The van der Waals surface area contributed by atoms with Gasteiger partial charge >= 0.3 is 0 Å². The number of nitrogens with one attached hydrogen (secondary N) is 2. The van der Waals surface area contributed by atoms with E-state index in [9.17, 15) is 4.79 Å². The van der Waals surface area contributed by atoms with Crippen LogP contribution in [0.4, 0.5) is 5.82 Å². The van der Waals surface area contributed by atoms with Gasteiger partial charge in [0.15, 0.2) is 0 Å². The molecule has 0 spiro atoms. The second-order valence-corrected chi connectivity index (χ2v) is 4.80. The van der Waals surface area contributed by atoms with Gasteiger partial charge in [0.05, 0.1) is 25.0 Å². The summed E-state index contributed by atoms with van der Waals surface area (Å²) in [5.41, 5.74) is 0.314. The van der Waals surface area contributed by atoms with Gasteiger partial charge in [-0.15, -0.1) is 0 Å².